The van der Waals surface area contributed by atoms with Crippen molar-refractivity contribution in [1.29, 1.82) is 0 Å². The van der Waals surface area contributed by atoms with E-state index in [1.54, 1.807) is 25.3 Å². The molecule has 2 amide bonds. The van der Waals surface area contributed by atoms with Crippen LogP contribution < -0.4 is 15.4 Å². The van der Waals surface area contributed by atoms with Crippen LogP contribution in [0.1, 0.15) is 37.3 Å². The van der Waals surface area contributed by atoms with Crippen molar-refractivity contribution in [1.82, 2.24) is 9.29 Å². The van der Waals surface area contributed by atoms with Crippen molar-refractivity contribution < 1.29 is 22.7 Å². The lowest BCUT2D eigenvalue weighted by Gasteiger charge is -2.32. The smallest absolute Gasteiger partial charge is 0.265 e. The van der Waals surface area contributed by atoms with Gasteiger partial charge in [0.05, 0.1) is 16.5 Å². The molecule has 2 N–H and O–H groups in total. The Kier molecular flexibility index (Phi) is 6.40. The van der Waals surface area contributed by atoms with E-state index in [0.29, 0.717) is 48.6 Å². The van der Waals surface area contributed by atoms with Gasteiger partial charge in [-0.05, 0) is 56.4 Å². The number of sulfonamides is 1. The summed E-state index contributed by atoms with van der Waals surface area (Å²) in [7, 11) is -3.87. The molecule has 0 spiro atoms. The number of carbonyl (C=O) groups excluding carboxylic acids is 2. The highest BCUT2D eigenvalue weighted by Crippen LogP contribution is 2.36. The number of rotatable bonds is 5. The van der Waals surface area contributed by atoms with Crippen molar-refractivity contribution in [3.05, 3.63) is 41.6 Å². The maximum absolute atomic E-state index is 13.5. The molecule has 1 fully saturated rings. The molecular formula is C23H28N4O5S. The maximum atomic E-state index is 13.5. The van der Waals surface area contributed by atoms with Crippen LogP contribution in [0.15, 0.2) is 35.4 Å². The average Bonchev–Trinajstić information content (AvgIpc) is 2.79. The minimum Gasteiger partial charge on any atom is -0.478 e. The van der Waals surface area contributed by atoms with Crippen molar-refractivity contribution in [2.24, 2.45) is 5.92 Å². The number of aryl methyl sites for hydroxylation is 2. The Hall–Kier alpha value is -2.98. The molecule has 0 saturated carbocycles. The van der Waals surface area contributed by atoms with Gasteiger partial charge in [-0.2, -0.15) is 4.31 Å². The van der Waals surface area contributed by atoms with Gasteiger partial charge in [-0.15, -0.1) is 0 Å². The van der Waals surface area contributed by atoms with Gasteiger partial charge in [0.1, 0.15) is 11.6 Å². The number of hydrogen-bond acceptors (Lipinski definition) is 6. The highest BCUT2D eigenvalue weighted by molar-refractivity contribution is 7.89. The lowest BCUT2D eigenvalue weighted by molar-refractivity contribution is -0.123. The molecule has 1 saturated heterocycles. The fourth-order valence-corrected chi connectivity index (χ4v) is 5.93. The second-order valence-corrected chi connectivity index (χ2v) is 10.4. The summed E-state index contributed by atoms with van der Waals surface area (Å²) in [6, 6.07) is 6.73. The Morgan fingerprint density at radius 1 is 1.30 bits per heavy atom. The van der Waals surface area contributed by atoms with E-state index in [0.717, 1.165) is 5.56 Å². The Morgan fingerprint density at radius 2 is 2.09 bits per heavy atom. The van der Waals surface area contributed by atoms with E-state index in [4.69, 9.17) is 4.74 Å². The highest BCUT2D eigenvalue weighted by atomic mass is 32.2. The largest absolute Gasteiger partial charge is 0.478 e. The topological polar surface area (TPSA) is 118 Å². The number of carbonyl (C=O) groups is 2. The maximum Gasteiger partial charge on any atom is 0.265 e. The molecule has 33 heavy (non-hydrogen) atoms. The number of hydrogen-bond donors (Lipinski definition) is 2. The number of aromatic nitrogens is 1. The predicted molar refractivity (Wildman–Crippen MR) is 124 cm³/mol. The van der Waals surface area contributed by atoms with Crippen LogP contribution in [0.4, 0.5) is 11.5 Å². The van der Waals surface area contributed by atoms with Crippen LogP contribution in [0.5, 0.6) is 5.75 Å². The van der Waals surface area contributed by atoms with Gasteiger partial charge in [0.2, 0.25) is 15.9 Å². The second kappa shape index (κ2) is 9.11. The minimum absolute atomic E-state index is 0.0890. The Balaban J connectivity index is 1.55. The van der Waals surface area contributed by atoms with E-state index >= 15 is 0 Å². The summed E-state index contributed by atoms with van der Waals surface area (Å²) >= 11 is 0. The SMILES string of the molecule is CC[C@H]1Oc2cc(S(=O)(=O)N3CCC[C@H](C(=O)Nc4ncccc4C)C3)c(C)cc2NC1=O. The number of benzene rings is 1. The molecule has 0 radical (unpaired) electrons. The van der Waals surface area contributed by atoms with Gasteiger partial charge >= 0.3 is 0 Å². The molecule has 0 bridgehead atoms. The van der Waals surface area contributed by atoms with Crippen molar-refractivity contribution in [2.45, 2.75) is 51.0 Å². The molecular weight excluding hydrogens is 444 g/mol. The van der Waals surface area contributed by atoms with Gasteiger partial charge in [-0.3, -0.25) is 9.59 Å². The van der Waals surface area contributed by atoms with E-state index in [-0.39, 0.29) is 23.3 Å². The summed E-state index contributed by atoms with van der Waals surface area (Å²) < 4.78 is 34.2. The van der Waals surface area contributed by atoms with Gasteiger partial charge in [-0.25, -0.2) is 13.4 Å². The third kappa shape index (κ3) is 4.58. The molecule has 0 unspecified atom stereocenters. The van der Waals surface area contributed by atoms with Gasteiger partial charge in [-0.1, -0.05) is 13.0 Å². The standard InChI is InChI=1S/C23H28N4O5S/c1-4-18-23(29)25-17-11-15(3)20(12-19(17)32-18)33(30,31)27-10-6-8-16(13-27)22(28)26-21-14(2)7-5-9-24-21/h5,7,9,11-12,16,18H,4,6,8,10,13H2,1-3H3,(H,25,29)(H,24,26,28)/t16-,18+/m0/s1. The van der Waals surface area contributed by atoms with Crippen LogP contribution in [0.2, 0.25) is 0 Å². The normalized spacial score (nSPS) is 21.0. The van der Waals surface area contributed by atoms with Crippen LogP contribution >= 0.6 is 0 Å². The summed E-state index contributed by atoms with van der Waals surface area (Å²) in [4.78, 5) is 29.2. The molecule has 2 aliphatic rings. The first-order valence-electron chi connectivity index (χ1n) is 11.1. The van der Waals surface area contributed by atoms with Crippen LogP contribution in [0.25, 0.3) is 0 Å². The second-order valence-electron chi connectivity index (χ2n) is 8.48. The first-order valence-corrected chi connectivity index (χ1v) is 12.5. The number of amides is 2. The number of nitrogens with zero attached hydrogens (tertiary/aromatic N) is 2. The summed E-state index contributed by atoms with van der Waals surface area (Å²) in [6.07, 6.45) is 2.59. The molecule has 4 rings (SSSR count). The van der Waals surface area contributed by atoms with Gasteiger partial charge in [0, 0.05) is 25.4 Å². The number of fused-ring (bicyclic) bond motifs is 1. The van der Waals surface area contributed by atoms with Crippen LogP contribution in [-0.2, 0) is 19.6 Å². The van der Waals surface area contributed by atoms with E-state index in [1.807, 2.05) is 19.9 Å². The summed E-state index contributed by atoms with van der Waals surface area (Å²) in [5, 5.41) is 5.61. The minimum atomic E-state index is -3.87. The Morgan fingerprint density at radius 3 is 2.82 bits per heavy atom. The molecule has 3 heterocycles. The van der Waals surface area contributed by atoms with E-state index in [2.05, 4.69) is 15.6 Å². The van der Waals surface area contributed by atoms with Crippen LogP contribution in [0, 0.1) is 19.8 Å². The number of ether oxygens (including phenoxy) is 1. The predicted octanol–water partition coefficient (Wildman–Crippen LogP) is 2.85. The van der Waals surface area contributed by atoms with Gasteiger partial charge in [0.25, 0.3) is 5.91 Å². The lowest BCUT2D eigenvalue weighted by atomic mass is 9.99. The van der Waals surface area contributed by atoms with E-state index < -0.39 is 22.0 Å². The quantitative estimate of drug-likeness (QED) is 0.691. The monoisotopic (exact) mass is 472 g/mol. The fourth-order valence-electron chi connectivity index (χ4n) is 4.18. The molecule has 1 aromatic carbocycles. The van der Waals surface area contributed by atoms with E-state index in [1.165, 1.54) is 10.4 Å². The average molecular weight is 473 g/mol. The van der Waals surface area contributed by atoms with Crippen LogP contribution in [0.3, 0.4) is 0 Å². The van der Waals surface area contributed by atoms with Crippen LogP contribution in [-0.4, -0.2) is 48.7 Å². The molecule has 2 aliphatic heterocycles. The van der Waals surface area contributed by atoms with Crippen molar-refractivity contribution in [3.63, 3.8) is 0 Å². The lowest BCUT2D eigenvalue weighted by Crippen LogP contribution is -2.44. The summed E-state index contributed by atoms with van der Waals surface area (Å²) in [6.45, 7) is 5.79. The third-order valence-corrected chi connectivity index (χ3v) is 8.10. The number of piperidine rings is 1. The van der Waals surface area contributed by atoms with E-state index in [9.17, 15) is 18.0 Å². The first-order chi connectivity index (χ1) is 15.7. The van der Waals surface area contributed by atoms with Crippen molar-refractivity contribution in [3.8, 4) is 5.75 Å². The molecule has 2 aromatic rings. The van der Waals surface area contributed by atoms with Gasteiger partial charge in [0.15, 0.2) is 6.10 Å². The Bertz CT molecular complexity index is 1200. The third-order valence-electron chi connectivity index (χ3n) is 6.09. The molecule has 176 valence electrons. The molecule has 2 atom stereocenters. The zero-order chi connectivity index (χ0) is 23.8. The van der Waals surface area contributed by atoms with Crippen molar-refractivity contribution in [2.75, 3.05) is 23.7 Å². The fraction of sp³-hybridized carbons (Fsp3) is 0.435. The number of anilines is 2. The zero-order valence-electron chi connectivity index (χ0n) is 18.9. The number of pyridine rings is 1. The van der Waals surface area contributed by atoms with Gasteiger partial charge < -0.3 is 15.4 Å². The van der Waals surface area contributed by atoms with Crippen molar-refractivity contribution >= 4 is 33.3 Å². The Labute approximate surface area is 193 Å². The zero-order valence-corrected chi connectivity index (χ0v) is 19.7. The molecule has 10 heteroatoms. The number of nitrogens with one attached hydrogen (secondary N) is 2. The first kappa shape index (κ1) is 23.2. The molecule has 1 aromatic heterocycles. The summed E-state index contributed by atoms with van der Waals surface area (Å²) in [5.74, 6) is -0.142. The summed E-state index contributed by atoms with van der Waals surface area (Å²) in [5.41, 5.74) is 1.80. The molecule has 9 nitrogen and oxygen atoms in total. The highest BCUT2D eigenvalue weighted by Gasteiger charge is 2.36. The molecule has 0 aliphatic carbocycles.